The second kappa shape index (κ2) is 11.2. The molecule has 0 aliphatic carbocycles. The lowest BCUT2D eigenvalue weighted by molar-refractivity contribution is -0.120. The van der Waals surface area contributed by atoms with E-state index in [0.29, 0.717) is 30.9 Å². The highest BCUT2D eigenvalue weighted by Crippen LogP contribution is 2.12. The number of nitrogens with one attached hydrogen (secondary N) is 3. The number of carbonyl (C=O) groups is 2. The first-order chi connectivity index (χ1) is 13.5. The van der Waals surface area contributed by atoms with E-state index in [0.717, 1.165) is 5.56 Å². The van der Waals surface area contributed by atoms with E-state index in [9.17, 15) is 9.59 Å². The van der Waals surface area contributed by atoms with Gasteiger partial charge in [0.2, 0.25) is 5.91 Å². The summed E-state index contributed by atoms with van der Waals surface area (Å²) in [7, 11) is 0. The van der Waals surface area contributed by atoms with Crippen LogP contribution in [0.3, 0.4) is 0 Å². The number of nitrogen functional groups attached to an aromatic ring is 1. The molecule has 0 aliphatic rings. The molecular weight excluding hydrogens is 360 g/mol. The molecule has 0 heterocycles. The van der Waals surface area contributed by atoms with Gasteiger partial charge in [0.25, 0.3) is 0 Å². The average molecular weight is 384 g/mol. The van der Waals surface area contributed by atoms with E-state index in [2.05, 4.69) is 10.6 Å². The molecule has 0 saturated carbocycles. The Kier molecular flexibility index (Phi) is 8.32. The Morgan fingerprint density at radius 1 is 1.04 bits per heavy atom. The molecule has 0 aromatic heterocycles. The molecule has 0 aliphatic heterocycles. The fourth-order valence-electron chi connectivity index (χ4n) is 2.23. The highest BCUT2D eigenvalue weighted by Gasteiger charge is 2.06. The largest absolute Gasteiger partial charge is 0.494 e. The number of nitrogens with two attached hydrogens (primary N) is 1. The Hall–Kier alpha value is -3.55. The van der Waals surface area contributed by atoms with Gasteiger partial charge in [-0.15, -0.1) is 0 Å². The summed E-state index contributed by atoms with van der Waals surface area (Å²) in [4.78, 5) is 23.3. The third-order valence-corrected chi connectivity index (χ3v) is 3.66. The minimum Gasteiger partial charge on any atom is -0.494 e. The van der Waals surface area contributed by atoms with Crippen LogP contribution in [0.1, 0.15) is 17.5 Å². The minimum absolute atomic E-state index is 0.0208. The summed E-state index contributed by atoms with van der Waals surface area (Å²) in [6.07, 6.45) is -0.0539. The number of benzene rings is 2. The van der Waals surface area contributed by atoms with E-state index in [-0.39, 0.29) is 24.9 Å². The molecule has 0 atom stereocenters. The lowest BCUT2D eigenvalue weighted by Crippen LogP contribution is -2.37. The predicted molar refractivity (Wildman–Crippen MR) is 105 cm³/mol. The van der Waals surface area contributed by atoms with E-state index in [1.165, 1.54) is 0 Å². The van der Waals surface area contributed by atoms with E-state index >= 15 is 0 Å². The number of hydrogen-bond acceptors (Lipinski definition) is 5. The monoisotopic (exact) mass is 384 g/mol. The first-order valence-corrected chi connectivity index (χ1v) is 8.83. The lowest BCUT2D eigenvalue weighted by Gasteiger charge is -2.09. The number of rotatable bonds is 10. The maximum Gasteiger partial charge on any atom is 0.407 e. The molecule has 2 aromatic carbocycles. The zero-order valence-electron chi connectivity index (χ0n) is 15.4. The van der Waals surface area contributed by atoms with Crippen LogP contribution < -0.4 is 21.1 Å². The van der Waals surface area contributed by atoms with Crippen molar-refractivity contribution in [3.05, 3.63) is 65.7 Å². The first kappa shape index (κ1) is 20.8. The van der Waals surface area contributed by atoms with Crippen molar-refractivity contribution in [2.45, 2.75) is 13.0 Å². The van der Waals surface area contributed by atoms with Crippen LogP contribution in [0.4, 0.5) is 4.79 Å². The van der Waals surface area contributed by atoms with Crippen molar-refractivity contribution in [3.8, 4) is 5.75 Å². The highest BCUT2D eigenvalue weighted by atomic mass is 16.5. The zero-order chi connectivity index (χ0) is 20.2. The van der Waals surface area contributed by atoms with Crippen molar-refractivity contribution in [2.24, 2.45) is 5.73 Å². The molecule has 2 aromatic rings. The molecule has 2 amide bonds. The normalized spacial score (nSPS) is 10.0. The van der Waals surface area contributed by atoms with Gasteiger partial charge in [-0.05, 0) is 24.1 Å². The number of amidine groups is 1. The Balaban J connectivity index is 1.54. The zero-order valence-corrected chi connectivity index (χ0v) is 15.4. The average Bonchev–Trinajstić information content (AvgIpc) is 2.71. The molecule has 0 bridgehead atoms. The van der Waals surface area contributed by atoms with E-state index in [4.69, 9.17) is 20.6 Å². The van der Waals surface area contributed by atoms with Crippen LogP contribution in [-0.4, -0.2) is 37.5 Å². The standard InChI is InChI=1S/C20H24N4O4/c21-19(22)16-8-4-9-17(12-16)27-11-5-10-23-18(25)13-24-20(26)28-14-15-6-2-1-3-7-15/h1-4,6-9,12H,5,10-11,13-14H2,(H3,21,22)(H,23,25)(H,24,26). The minimum atomic E-state index is -0.646. The molecule has 0 unspecified atom stereocenters. The van der Waals surface area contributed by atoms with Gasteiger partial charge in [-0.2, -0.15) is 0 Å². The van der Waals surface area contributed by atoms with Gasteiger partial charge in [-0.3, -0.25) is 10.2 Å². The molecular formula is C20H24N4O4. The summed E-state index contributed by atoms with van der Waals surface area (Å²) in [5, 5.41) is 12.5. The van der Waals surface area contributed by atoms with Crippen LogP contribution >= 0.6 is 0 Å². The molecule has 0 spiro atoms. The maximum atomic E-state index is 11.7. The summed E-state index contributed by atoms with van der Waals surface area (Å²) in [5.41, 5.74) is 6.90. The fraction of sp³-hybridized carbons (Fsp3) is 0.250. The summed E-state index contributed by atoms with van der Waals surface area (Å²) >= 11 is 0. The van der Waals surface area contributed by atoms with Gasteiger partial charge in [0.05, 0.1) is 13.2 Å². The van der Waals surface area contributed by atoms with Crippen molar-refractivity contribution in [1.29, 1.82) is 5.41 Å². The number of alkyl carbamates (subject to hydrolysis) is 1. The Labute approximate surface area is 163 Å². The van der Waals surface area contributed by atoms with Crippen LogP contribution in [0.15, 0.2) is 54.6 Å². The summed E-state index contributed by atoms with van der Waals surface area (Å²) < 4.78 is 10.6. The topological polar surface area (TPSA) is 127 Å². The molecule has 28 heavy (non-hydrogen) atoms. The Bertz CT molecular complexity index is 796. The van der Waals surface area contributed by atoms with Crippen molar-refractivity contribution in [1.82, 2.24) is 10.6 Å². The summed E-state index contributed by atoms with van der Waals surface area (Å²) in [6, 6.07) is 16.2. The third kappa shape index (κ3) is 7.77. The van der Waals surface area contributed by atoms with Gasteiger partial charge in [-0.25, -0.2) is 4.79 Å². The molecule has 2 rings (SSSR count). The molecule has 0 radical (unpaired) electrons. The van der Waals surface area contributed by atoms with E-state index in [1.54, 1.807) is 24.3 Å². The second-order valence-corrected chi connectivity index (χ2v) is 5.91. The van der Waals surface area contributed by atoms with Crippen LogP contribution in [0.25, 0.3) is 0 Å². The summed E-state index contributed by atoms with van der Waals surface area (Å²) in [5.74, 6) is 0.282. The van der Waals surface area contributed by atoms with Crippen LogP contribution in [0, 0.1) is 5.41 Å². The second-order valence-electron chi connectivity index (χ2n) is 5.91. The van der Waals surface area contributed by atoms with E-state index < -0.39 is 6.09 Å². The van der Waals surface area contributed by atoms with Gasteiger partial charge in [-0.1, -0.05) is 42.5 Å². The lowest BCUT2D eigenvalue weighted by atomic mass is 10.2. The predicted octanol–water partition coefficient (Wildman–Crippen LogP) is 1.78. The smallest absolute Gasteiger partial charge is 0.407 e. The van der Waals surface area contributed by atoms with Gasteiger partial charge in [0.15, 0.2) is 0 Å². The molecule has 0 saturated heterocycles. The number of ether oxygens (including phenoxy) is 2. The van der Waals surface area contributed by atoms with Gasteiger partial charge in [0, 0.05) is 12.1 Å². The number of hydrogen-bond donors (Lipinski definition) is 4. The van der Waals surface area contributed by atoms with Gasteiger partial charge in [0.1, 0.15) is 18.2 Å². The van der Waals surface area contributed by atoms with Crippen molar-refractivity contribution < 1.29 is 19.1 Å². The van der Waals surface area contributed by atoms with Gasteiger partial charge >= 0.3 is 6.09 Å². The SMILES string of the molecule is N=C(N)c1cccc(OCCCNC(=O)CNC(=O)OCc2ccccc2)c1. The highest BCUT2D eigenvalue weighted by molar-refractivity contribution is 5.95. The summed E-state index contributed by atoms with van der Waals surface area (Å²) in [6.45, 7) is 0.797. The van der Waals surface area contributed by atoms with Crippen molar-refractivity contribution in [2.75, 3.05) is 19.7 Å². The Morgan fingerprint density at radius 2 is 1.82 bits per heavy atom. The van der Waals surface area contributed by atoms with Crippen LogP contribution in [0.2, 0.25) is 0 Å². The van der Waals surface area contributed by atoms with E-state index in [1.807, 2.05) is 30.3 Å². The molecule has 5 N–H and O–H groups in total. The third-order valence-electron chi connectivity index (χ3n) is 3.66. The number of carbonyl (C=O) groups excluding carboxylic acids is 2. The molecule has 8 heteroatoms. The number of amides is 2. The maximum absolute atomic E-state index is 11.7. The fourth-order valence-corrected chi connectivity index (χ4v) is 2.23. The quantitative estimate of drug-likeness (QED) is 0.282. The van der Waals surface area contributed by atoms with Crippen molar-refractivity contribution >= 4 is 17.8 Å². The van der Waals surface area contributed by atoms with Crippen LogP contribution in [-0.2, 0) is 16.1 Å². The van der Waals surface area contributed by atoms with Crippen molar-refractivity contribution in [3.63, 3.8) is 0 Å². The molecule has 8 nitrogen and oxygen atoms in total. The first-order valence-electron chi connectivity index (χ1n) is 8.83. The molecule has 0 fully saturated rings. The van der Waals surface area contributed by atoms with Crippen LogP contribution in [0.5, 0.6) is 5.75 Å². The van der Waals surface area contributed by atoms with Gasteiger partial charge < -0.3 is 25.8 Å². The molecule has 148 valence electrons. The Morgan fingerprint density at radius 3 is 2.57 bits per heavy atom.